The molecule has 1 atom stereocenters. The Morgan fingerprint density at radius 1 is 0.963 bits per heavy atom. The maximum absolute atomic E-state index is 10.5. The van der Waals surface area contributed by atoms with E-state index in [1.165, 1.54) is 16.6 Å². The molecule has 1 N–H and O–H groups in total. The lowest BCUT2D eigenvalue weighted by Crippen LogP contribution is -2.49. The van der Waals surface area contributed by atoms with Crippen molar-refractivity contribution in [2.75, 3.05) is 37.6 Å². The number of aliphatic hydroxyl groups excluding tert-OH is 1. The number of aryl methyl sites for hydroxylation is 1. The lowest BCUT2D eigenvalue weighted by Gasteiger charge is -2.37. The molecule has 0 amide bonds. The molecule has 0 aliphatic carbocycles. The molecule has 0 radical (unpaired) electrons. The number of para-hydroxylation sites is 1. The topological polar surface area (TPSA) is 39.6 Å². The van der Waals surface area contributed by atoms with Crippen LogP contribution in [-0.4, -0.2) is 53.8 Å². The molecule has 1 aliphatic heterocycles. The van der Waals surface area contributed by atoms with Crippen LogP contribution in [0.1, 0.15) is 11.3 Å². The summed E-state index contributed by atoms with van der Waals surface area (Å²) in [5.41, 5.74) is 4.60. The Bertz CT molecular complexity index is 889. The largest absolute Gasteiger partial charge is 0.391 e. The number of hydrogen-bond acceptors (Lipinski definition) is 4. The third kappa shape index (κ3) is 4.29. The zero-order valence-corrected chi connectivity index (χ0v) is 15.9. The number of piperazine rings is 1. The quantitative estimate of drug-likeness (QED) is 0.757. The first-order valence-corrected chi connectivity index (χ1v) is 9.75. The number of aromatic nitrogens is 1. The van der Waals surface area contributed by atoms with Crippen LogP contribution in [0.4, 0.5) is 5.69 Å². The van der Waals surface area contributed by atoms with Crippen molar-refractivity contribution in [2.24, 2.45) is 0 Å². The van der Waals surface area contributed by atoms with Crippen molar-refractivity contribution in [3.05, 3.63) is 71.9 Å². The summed E-state index contributed by atoms with van der Waals surface area (Å²) in [6.07, 6.45) is 0.401. The summed E-state index contributed by atoms with van der Waals surface area (Å²) in [4.78, 5) is 9.49. The second-order valence-corrected chi connectivity index (χ2v) is 7.43. The molecule has 1 fully saturated rings. The summed E-state index contributed by atoms with van der Waals surface area (Å²) in [7, 11) is 0. The van der Waals surface area contributed by atoms with Gasteiger partial charge in [-0.15, -0.1) is 0 Å². The van der Waals surface area contributed by atoms with Gasteiger partial charge in [-0.2, -0.15) is 0 Å². The number of aliphatic hydroxyl groups is 1. The molecule has 1 unspecified atom stereocenters. The monoisotopic (exact) mass is 361 g/mol. The zero-order chi connectivity index (χ0) is 18.6. The maximum Gasteiger partial charge on any atom is 0.0726 e. The second-order valence-electron chi connectivity index (χ2n) is 7.43. The van der Waals surface area contributed by atoms with E-state index in [1.54, 1.807) is 0 Å². The predicted octanol–water partition coefficient (Wildman–Crippen LogP) is 3.27. The number of nitrogens with zero attached hydrogens (tertiary/aromatic N) is 3. The van der Waals surface area contributed by atoms with Gasteiger partial charge in [-0.3, -0.25) is 9.88 Å². The maximum atomic E-state index is 10.5. The van der Waals surface area contributed by atoms with Gasteiger partial charge in [-0.1, -0.05) is 48.5 Å². The van der Waals surface area contributed by atoms with E-state index in [2.05, 4.69) is 58.1 Å². The van der Waals surface area contributed by atoms with Crippen molar-refractivity contribution in [3.63, 3.8) is 0 Å². The molecule has 0 saturated carbocycles. The molecule has 0 bridgehead atoms. The van der Waals surface area contributed by atoms with Crippen LogP contribution in [0.2, 0.25) is 0 Å². The van der Waals surface area contributed by atoms with Crippen LogP contribution in [0, 0.1) is 6.92 Å². The van der Waals surface area contributed by atoms with Crippen molar-refractivity contribution in [1.29, 1.82) is 0 Å². The molecule has 4 nitrogen and oxygen atoms in total. The van der Waals surface area contributed by atoms with E-state index in [4.69, 9.17) is 0 Å². The van der Waals surface area contributed by atoms with E-state index < -0.39 is 0 Å². The molecule has 2 aromatic carbocycles. The van der Waals surface area contributed by atoms with Gasteiger partial charge in [0.1, 0.15) is 0 Å². The summed E-state index contributed by atoms with van der Waals surface area (Å²) in [6.45, 7) is 6.70. The Morgan fingerprint density at radius 3 is 2.44 bits per heavy atom. The Hall–Kier alpha value is -2.43. The van der Waals surface area contributed by atoms with Gasteiger partial charge >= 0.3 is 0 Å². The molecule has 4 heteroatoms. The van der Waals surface area contributed by atoms with Gasteiger partial charge in [-0.05, 0) is 31.0 Å². The third-order valence-corrected chi connectivity index (χ3v) is 5.32. The van der Waals surface area contributed by atoms with Crippen molar-refractivity contribution in [2.45, 2.75) is 19.4 Å². The van der Waals surface area contributed by atoms with Gasteiger partial charge in [0.2, 0.25) is 0 Å². The van der Waals surface area contributed by atoms with Gasteiger partial charge in [0, 0.05) is 49.5 Å². The molecule has 1 aromatic heterocycles. The summed E-state index contributed by atoms with van der Waals surface area (Å²) in [5.74, 6) is 0. The van der Waals surface area contributed by atoms with Gasteiger partial charge in [0.25, 0.3) is 0 Å². The fourth-order valence-corrected chi connectivity index (χ4v) is 3.97. The number of hydrogen-bond donors (Lipinski definition) is 1. The van der Waals surface area contributed by atoms with E-state index in [0.29, 0.717) is 0 Å². The van der Waals surface area contributed by atoms with Crippen LogP contribution in [-0.2, 0) is 6.42 Å². The van der Waals surface area contributed by atoms with E-state index in [0.717, 1.165) is 50.4 Å². The van der Waals surface area contributed by atoms with E-state index in [-0.39, 0.29) is 6.10 Å². The van der Waals surface area contributed by atoms with E-state index >= 15 is 0 Å². The van der Waals surface area contributed by atoms with Crippen LogP contribution in [0.25, 0.3) is 10.9 Å². The summed E-state index contributed by atoms with van der Waals surface area (Å²) in [6, 6.07) is 20.8. The highest BCUT2D eigenvalue weighted by Gasteiger charge is 2.21. The lowest BCUT2D eigenvalue weighted by molar-refractivity contribution is 0.109. The average molecular weight is 361 g/mol. The first-order chi connectivity index (χ1) is 13.2. The minimum atomic E-state index is -0.317. The molecule has 1 saturated heterocycles. The van der Waals surface area contributed by atoms with Crippen molar-refractivity contribution in [1.82, 2.24) is 9.88 Å². The van der Waals surface area contributed by atoms with Crippen LogP contribution in [0.3, 0.4) is 0 Å². The summed E-state index contributed by atoms with van der Waals surface area (Å²) < 4.78 is 0. The zero-order valence-electron chi connectivity index (χ0n) is 15.9. The number of pyridine rings is 1. The van der Waals surface area contributed by atoms with Crippen molar-refractivity contribution >= 4 is 16.6 Å². The van der Waals surface area contributed by atoms with Gasteiger partial charge < -0.3 is 10.0 Å². The summed E-state index contributed by atoms with van der Waals surface area (Å²) in [5, 5.41) is 11.7. The Morgan fingerprint density at radius 2 is 1.67 bits per heavy atom. The minimum absolute atomic E-state index is 0.317. The molecular weight excluding hydrogens is 334 g/mol. The fourth-order valence-electron chi connectivity index (χ4n) is 3.97. The molecule has 4 rings (SSSR count). The predicted molar refractivity (Wildman–Crippen MR) is 111 cm³/mol. The first kappa shape index (κ1) is 18.0. The summed E-state index contributed by atoms with van der Waals surface area (Å²) >= 11 is 0. The third-order valence-electron chi connectivity index (χ3n) is 5.32. The number of β-amino-alcohol motifs (C(OH)–C–C–N with tert-alkyl or cyclic N) is 1. The standard InChI is InChI=1S/C23H27N3O/c1-18-15-23(21-9-5-6-10-22(21)24-18)26-13-11-25(12-14-26)17-20(27)16-19-7-3-2-4-8-19/h2-10,15,20,27H,11-14,16-17H2,1H3. The number of fused-ring (bicyclic) bond motifs is 1. The number of anilines is 1. The Balaban J connectivity index is 1.38. The molecule has 2 heterocycles. The molecule has 27 heavy (non-hydrogen) atoms. The Kier molecular flexibility index (Phi) is 5.37. The van der Waals surface area contributed by atoms with Crippen molar-refractivity contribution < 1.29 is 5.11 Å². The van der Waals surface area contributed by atoms with Gasteiger partial charge in [0.05, 0.1) is 11.6 Å². The van der Waals surface area contributed by atoms with Crippen LogP contribution >= 0.6 is 0 Å². The SMILES string of the molecule is Cc1cc(N2CCN(CC(O)Cc3ccccc3)CC2)c2ccccc2n1. The highest BCUT2D eigenvalue weighted by molar-refractivity contribution is 5.92. The lowest BCUT2D eigenvalue weighted by atomic mass is 10.1. The fraction of sp³-hybridized carbons (Fsp3) is 0.348. The van der Waals surface area contributed by atoms with Crippen LogP contribution in [0.5, 0.6) is 0 Å². The first-order valence-electron chi connectivity index (χ1n) is 9.75. The number of benzene rings is 2. The van der Waals surface area contributed by atoms with Crippen molar-refractivity contribution in [3.8, 4) is 0 Å². The number of rotatable bonds is 5. The normalized spacial score (nSPS) is 16.6. The van der Waals surface area contributed by atoms with Crippen LogP contribution < -0.4 is 4.90 Å². The highest BCUT2D eigenvalue weighted by Crippen LogP contribution is 2.27. The van der Waals surface area contributed by atoms with Gasteiger partial charge in [0.15, 0.2) is 0 Å². The Labute approximate surface area is 161 Å². The highest BCUT2D eigenvalue weighted by atomic mass is 16.3. The second kappa shape index (κ2) is 8.07. The molecule has 140 valence electrons. The van der Waals surface area contributed by atoms with E-state index in [9.17, 15) is 5.11 Å². The molecular formula is C23H27N3O. The molecule has 1 aliphatic rings. The molecule has 0 spiro atoms. The average Bonchev–Trinajstić information content (AvgIpc) is 2.68. The molecule has 3 aromatic rings. The van der Waals surface area contributed by atoms with E-state index in [1.807, 2.05) is 24.3 Å². The smallest absolute Gasteiger partial charge is 0.0726 e. The van der Waals surface area contributed by atoms with Gasteiger partial charge in [-0.25, -0.2) is 0 Å². The van der Waals surface area contributed by atoms with Crippen LogP contribution in [0.15, 0.2) is 60.7 Å². The minimum Gasteiger partial charge on any atom is -0.391 e.